The topological polar surface area (TPSA) is 0 Å². The second-order valence-electron chi connectivity index (χ2n) is 3.11. The zero-order chi connectivity index (χ0) is 9.80. The lowest BCUT2D eigenvalue weighted by atomic mass is 10.1. The van der Waals surface area contributed by atoms with Crippen molar-refractivity contribution in [1.29, 1.82) is 0 Å². The normalized spacial score (nSPS) is 10.1. The molecular formula is C13H10Cl. The third-order valence-electron chi connectivity index (χ3n) is 1.98. The van der Waals surface area contributed by atoms with Gasteiger partial charge in [-0.25, -0.2) is 0 Å². The average molecular weight is 202 g/mol. The fraction of sp³-hybridized carbons (Fsp3) is 0. The maximum Gasteiger partial charge on any atom is 0.0408 e. The molecule has 0 aliphatic rings. The largest absolute Gasteiger partial charge is 0.0843 e. The second kappa shape index (κ2) is 4.30. The summed E-state index contributed by atoms with van der Waals surface area (Å²) in [5, 5.41) is 0.773. The van der Waals surface area contributed by atoms with Gasteiger partial charge in [-0.2, -0.15) is 0 Å². The first-order chi connectivity index (χ1) is 6.84. The van der Waals surface area contributed by atoms with Crippen LogP contribution in [-0.2, 0) is 0 Å². The van der Waals surface area contributed by atoms with Crippen molar-refractivity contribution < 1.29 is 0 Å². The van der Waals surface area contributed by atoms with Gasteiger partial charge in [0.2, 0.25) is 0 Å². The van der Waals surface area contributed by atoms with Gasteiger partial charge >= 0.3 is 0 Å². The number of hydrogen-bond acceptors (Lipinski definition) is 0. The molecule has 0 saturated carbocycles. The first-order valence-electron chi connectivity index (χ1n) is 4.50. The minimum atomic E-state index is 0.773. The van der Waals surface area contributed by atoms with Crippen LogP contribution in [0.1, 0.15) is 11.1 Å². The molecule has 1 radical (unpaired) electrons. The van der Waals surface area contributed by atoms with Gasteiger partial charge in [-0.1, -0.05) is 54.1 Å². The summed E-state index contributed by atoms with van der Waals surface area (Å²) in [5.74, 6) is 0. The van der Waals surface area contributed by atoms with Gasteiger partial charge in [-0.05, 0) is 23.3 Å². The Morgan fingerprint density at radius 2 is 1.50 bits per heavy atom. The minimum Gasteiger partial charge on any atom is -0.0843 e. The van der Waals surface area contributed by atoms with Gasteiger partial charge < -0.3 is 0 Å². The summed E-state index contributed by atoms with van der Waals surface area (Å²) in [7, 11) is 0. The lowest BCUT2D eigenvalue weighted by Gasteiger charge is -2.01. The molecule has 0 unspecified atom stereocenters. The zero-order valence-electron chi connectivity index (χ0n) is 7.65. The van der Waals surface area contributed by atoms with E-state index in [1.165, 1.54) is 5.56 Å². The van der Waals surface area contributed by atoms with E-state index in [0.29, 0.717) is 0 Å². The molecule has 0 heterocycles. The van der Waals surface area contributed by atoms with Crippen LogP contribution in [-0.4, -0.2) is 0 Å². The maximum absolute atomic E-state index is 5.89. The molecule has 0 fully saturated rings. The Morgan fingerprint density at radius 3 is 2.21 bits per heavy atom. The summed E-state index contributed by atoms with van der Waals surface area (Å²) in [4.78, 5) is 0. The van der Waals surface area contributed by atoms with E-state index in [2.05, 4.69) is 18.6 Å². The number of benzene rings is 2. The molecule has 2 aromatic rings. The van der Waals surface area contributed by atoms with Crippen LogP contribution >= 0.6 is 11.6 Å². The molecule has 69 valence electrons. The van der Waals surface area contributed by atoms with Crippen LogP contribution in [0.2, 0.25) is 5.02 Å². The summed E-state index contributed by atoms with van der Waals surface area (Å²) in [6.07, 6.45) is 2.10. The summed E-state index contributed by atoms with van der Waals surface area (Å²) in [6.45, 7) is 0. The lowest BCUT2D eigenvalue weighted by molar-refractivity contribution is 1.43. The van der Waals surface area contributed by atoms with E-state index in [9.17, 15) is 0 Å². The third-order valence-corrected chi connectivity index (χ3v) is 2.22. The van der Waals surface area contributed by atoms with Crippen LogP contribution in [0, 0.1) is 6.42 Å². The van der Waals surface area contributed by atoms with Gasteiger partial charge in [0.25, 0.3) is 0 Å². The van der Waals surface area contributed by atoms with E-state index in [0.717, 1.165) is 10.6 Å². The van der Waals surface area contributed by atoms with Crippen molar-refractivity contribution in [3.63, 3.8) is 0 Å². The Morgan fingerprint density at radius 1 is 0.786 bits per heavy atom. The predicted octanol–water partition coefficient (Wildman–Crippen LogP) is 3.94. The van der Waals surface area contributed by atoms with Crippen LogP contribution in [0.5, 0.6) is 0 Å². The molecule has 2 aromatic carbocycles. The van der Waals surface area contributed by atoms with Crippen LogP contribution in [0.15, 0.2) is 54.6 Å². The van der Waals surface area contributed by atoms with Crippen molar-refractivity contribution in [2.24, 2.45) is 0 Å². The predicted molar refractivity (Wildman–Crippen MR) is 60.4 cm³/mol. The average Bonchev–Trinajstić information content (AvgIpc) is 2.19. The van der Waals surface area contributed by atoms with Crippen LogP contribution in [0.25, 0.3) is 0 Å². The Bertz CT molecular complexity index is 407. The lowest BCUT2D eigenvalue weighted by Crippen LogP contribution is -1.83. The number of rotatable bonds is 2. The molecule has 0 amide bonds. The molecule has 0 aliphatic heterocycles. The molecule has 0 spiro atoms. The van der Waals surface area contributed by atoms with E-state index in [4.69, 9.17) is 11.6 Å². The van der Waals surface area contributed by atoms with Crippen LogP contribution in [0.4, 0.5) is 0 Å². The first-order valence-corrected chi connectivity index (χ1v) is 4.88. The molecule has 2 rings (SSSR count). The Hall–Kier alpha value is -1.27. The van der Waals surface area contributed by atoms with Gasteiger partial charge in [0, 0.05) is 11.4 Å². The summed E-state index contributed by atoms with van der Waals surface area (Å²) >= 11 is 5.89. The molecule has 0 aromatic heterocycles. The van der Waals surface area contributed by atoms with Crippen molar-refractivity contribution in [1.82, 2.24) is 0 Å². The molecule has 1 heteroatoms. The monoisotopic (exact) mass is 201 g/mol. The Labute approximate surface area is 89.2 Å². The summed E-state index contributed by atoms with van der Waals surface area (Å²) in [6, 6.07) is 18.0. The van der Waals surface area contributed by atoms with E-state index in [-0.39, 0.29) is 0 Å². The minimum absolute atomic E-state index is 0.773. The highest BCUT2D eigenvalue weighted by Gasteiger charge is 1.96. The van der Waals surface area contributed by atoms with Gasteiger partial charge in [0.05, 0.1) is 0 Å². The summed E-state index contributed by atoms with van der Waals surface area (Å²) < 4.78 is 0. The maximum atomic E-state index is 5.89. The highest BCUT2D eigenvalue weighted by atomic mass is 35.5. The number of halogens is 1. The summed E-state index contributed by atoms with van der Waals surface area (Å²) in [5.41, 5.74) is 2.32. The SMILES string of the molecule is Clc1cccc([CH]c2ccccc2)c1. The first kappa shape index (κ1) is 9.29. The van der Waals surface area contributed by atoms with E-state index >= 15 is 0 Å². The second-order valence-corrected chi connectivity index (χ2v) is 3.55. The molecule has 0 N–H and O–H groups in total. The van der Waals surface area contributed by atoms with Crippen molar-refractivity contribution in [3.8, 4) is 0 Å². The van der Waals surface area contributed by atoms with Crippen LogP contribution < -0.4 is 0 Å². The molecule has 0 bridgehead atoms. The van der Waals surface area contributed by atoms with Crippen molar-refractivity contribution >= 4 is 11.6 Å². The molecule has 0 aliphatic carbocycles. The number of hydrogen-bond donors (Lipinski definition) is 0. The Balaban J connectivity index is 2.19. The molecule has 14 heavy (non-hydrogen) atoms. The fourth-order valence-electron chi connectivity index (χ4n) is 1.34. The van der Waals surface area contributed by atoms with E-state index in [1.807, 2.05) is 42.5 Å². The standard InChI is InChI=1S/C13H10Cl/c14-13-8-4-7-12(10-13)9-11-5-2-1-3-6-11/h1-10H. The zero-order valence-corrected chi connectivity index (χ0v) is 8.41. The third kappa shape index (κ3) is 2.36. The Kier molecular flexibility index (Phi) is 2.85. The van der Waals surface area contributed by atoms with Gasteiger partial charge in [-0.3, -0.25) is 0 Å². The highest BCUT2D eigenvalue weighted by molar-refractivity contribution is 6.30. The smallest absolute Gasteiger partial charge is 0.0408 e. The van der Waals surface area contributed by atoms with Crippen molar-refractivity contribution in [3.05, 3.63) is 77.2 Å². The van der Waals surface area contributed by atoms with Crippen molar-refractivity contribution in [2.45, 2.75) is 0 Å². The van der Waals surface area contributed by atoms with Crippen molar-refractivity contribution in [2.75, 3.05) is 0 Å². The quantitative estimate of drug-likeness (QED) is 0.691. The molecular weight excluding hydrogens is 192 g/mol. The van der Waals surface area contributed by atoms with Gasteiger partial charge in [0.1, 0.15) is 0 Å². The van der Waals surface area contributed by atoms with Gasteiger partial charge in [-0.15, -0.1) is 0 Å². The van der Waals surface area contributed by atoms with Gasteiger partial charge in [0.15, 0.2) is 0 Å². The molecule has 0 atom stereocenters. The molecule has 0 nitrogen and oxygen atoms in total. The van der Waals surface area contributed by atoms with E-state index < -0.39 is 0 Å². The van der Waals surface area contributed by atoms with Crippen LogP contribution in [0.3, 0.4) is 0 Å². The molecule has 0 saturated heterocycles. The fourth-order valence-corrected chi connectivity index (χ4v) is 1.54. The van der Waals surface area contributed by atoms with E-state index in [1.54, 1.807) is 0 Å². The highest BCUT2D eigenvalue weighted by Crippen LogP contribution is 2.15.